The van der Waals surface area contributed by atoms with Crippen molar-refractivity contribution in [3.05, 3.63) is 0 Å². The standard InChI is InChI=1S/C11H23NOS/c1-10(13)8-12-9-11(14-2)6-4-3-5-7-11/h10,12-13H,3-9H2,1-2H3/t10-/m0/s1. The molecule has 1 aliphatic carbocycles. The van der Waals surface area contributed by atoms with Gasteiger partial charge in [0.25, 0.3) is 0 Å². The fraction of sp³-hybridized carbons (Fsp3) is 1.00. The highest BCUT2D eigenvalue weighted by Crippen LogP contribution is 2.37. The van der Waals surface area contributed by atoms with Crippen LogP contribution >= 0.6 is 11.8 Å². The third-order valence-electron chi connectivity index (χ3n) is 3.08. The average Bonchev–Trinajstić information content (AvgIpc) is 2.19. The molecule has 0 amide bonds. The van der Waals surface area contributed by atoms with Crippen LogP contribution in [-0.2, 0) is 0 Å². The van der Waals surface area contributed by atoms with Gasteiger partial charge in [-0.15, -0.1) is 0 Å². The van der Waals surface area contributed by atoms with Gasteiger partial charge in [0.1, 0.15) is 0 Å². The minimum absolute atomic E-state index is 0.225. The monoisotopic (exact) mass is 217 g/mol. The van der Waals surface area contributed by atoms with Gasteiger partial charge in [-0.1, -0.05) is 19.3 Å². The SMILES string of the molecule is CSC1(CNC[C@H](C)O)CCCCC1. The van der Waals surface area contributed by atoms with Crippen molar-refractivity contribution in [1.29, 1.82) is 0 Å². The first-order chi connectivity index (χ1) is 6.68. The van der Waals surface area contributed by atoms with E-state index in [1.807, 2.05) is 18.7 Å². The number of nitrogens with one attached hydrogen (secondary N) is 1. The molecule has 0 spiro atoms. The largest absolute Gasteiger partial charge is 0.392 e. The van der Waals surface area contributed by atoms with Crippen LogP contribution in [0, 0.1) is 0 Å². The Labute approximate surface area is 91.9 Å². The van der Waals surface area contributed by atoms with Gasteiger partial charge in [0.2, 0.25) is 0 Å². The second-order valence-electron chi connectivity index (χ2n) is 4.43. The molecule has 14 heavy (non-hydrogen) atoms. The zero-order valence-electron chi connectivity index (χ0n) is 9.38. The summed E-state index contributed by atoms with van der Waals surface area (Å²) in [4.78, 5) is 0. The maximum Gasteiger partial charge on any atom is 0.0636 e. The molecule has 0 unspecified atom stereocenters. The van der Waals surface area contributed by atoms with Crippen molar-refractivity contribution >= 4 is 11.8 Å². The third kappa shape index (κ3) is 3.79. The van der Waals surface area contributed by atoms with Crippen molar-refractivity contribution in [2.24, 2.45) is 0 Å². The lowest BCUT2D eigenvalue weighted by Crippen LogP contribution is -2.41. The van der Waals surface area contributed by atoms with Crippen LogP contribution in [0.25, 0.3) is 0 Å². The summed E-state index contributed by atoms with van der Waals surface area (Å²) in [7, 11) is 0. The topological polar surface area (TPSA) is 32.3 Å². The first kappa shape index (κ1) is 12.3. The van der Waals surface area contributed by atoms with Crippen LogP contribution in [0.2, 0.25) is 0 Å². The maximum absolute atomic E-state index is 9.17. The van der Waals surface area contributed by atoms with Crippen molar-refractivity contribution in [3.8, 4) is 0 Å². The van der Waals surface area contributed by atoms with Gasteiger partial charge in [0.05, 0.1) is 6.10 Å². The Balaban J connectivity index is 2.29. The molecule has 3 heteroatoms. The van der Waals surface area contributed by atoms with Crippen molar-refractivity contribution in [2.45, 2.75) is 49.9 Å². The Morgan fingerprint density at radius 3 is 2.50 bits per heavy atom. The lowest BCUT2D eigenvalue weighted by atomic mass is 9.88. The normalized spacial score (nSPS) is 23.4. The molecule has 2 nitrogen and oxygen atoms in total. The molecule has 1 aliphatic rings. The second-order valence-corrected chi connectivity index (χ2v) is 5.70. The number of rotatable bonds is 5. The van der Waals surface area contributed by atoms with Crippen molar-refractivity contribution in [3.63, 3.8) is 0 Å². The van der Waals surface area contributed by atoms with Gasteiger partial charge in [-0.2, -0.15) is 11.8 Å². The van der Waals surface area contributed by atoms with Crippen LogP contribution in [0.4, 0.5) is 0 Å². The Morgan fingerprint density at radius 2 is 2.00 bits per heavy atom. The van der Waals surface area contributed by atoms with Gasteiger partial charge in [-0.25, -0.2) is 0 Å². The summed E-state index contributed by atoms with van der Waals surface area (Å²) >= 11 is 2.00. The molecule has 0 bridgehead atoms. The summed E-state index contributed by atoms with van der Waals surface area (Å²) in [6.45, 7) is 3.61. The van der Waals surface area contributed by atoms with Gasteiger partial charge in [-0.3, -0.25) is 0 Å². The highest BCUT2D eigenvalue weighted by Gasteiger charge is 2.30. The molecule has 0 aromatic heterocycles. The minimum Gasteiger partial charge on any atom is -0.392 e. The number of hydrogen-bond donors (Lipinski definition) is 2. The number of thioether (sulfide) groups is 1. The molecule has 2 N–H and O–H groups in total. The maximum atomic E-state index is 9.17. The molecule has 0 aromatic rings. The summed E-state index contributed by atoms with van der Waals surface area (Å²) in [5.41, 5.74) is 0. The molecule has 1 saturated carbocycles. The number of aliphatic hydroxyl groups excluding tert-OH is 1. The molecule has 84 valence electrons. The van der Waals surface area contributed by atoms with Gasteiger partial charge in [0.15, 0.2) is 0 Å². The van der Waals surface area contributed by atoms with E-state index in [-0.39, 0.29) is 6.10 Å². The molecule has 0 saturated heterocycles. The predicted octanol–water partition coefficient (Wildman–Crippen LogP) is 2.02. The van der Waals surface area contributed by atoms with E-state index in [1.54, 1.807) is 0 Å². The van der Waals surface area contributed by atoms with Gasteiger partial charge in [0, 0.05) is 17.8 Å². The molecule has 1 fully saturated rings. The Morgan fingerprint density at radius 1 is 1.36 bits per heavy atom. The molecule has 0 aromatic carbocycles. The quantitative estimate of drug-likeness (QED) is 0.739. The highest BCUT2D eigenvalue weighted by atomic mass is 32.2. The zero-order chi connectivity index (χ0) is 10.4. The van der Waals surface area contributed by atoms with Crippen molar-refractivity contribution in [2.75, 3.05) is 19.3 Å². The molecule has 0 heterocycles. The molecule has 0 radical (unpaired) electrons. The number of hydrogen-bond acceptors (Lipinski definition) is 3. The molecular weight excluding hydrogens is 194 g/mol. The van der Waals surface area contributed by atoms with Gasteiger partial charge >= 0.3 is 0 Å². The lowest BCUT2D eigenvalue weighted by molar-refractivity contribution is 0.188. The van der Waals surface area contributed by atoms with Crippen molar-refractivity contribution < 1.29 is 5.11 Å². The van der Waals surface area contributed by atoms with Crippen LogP contribution in [0.5, 0.6) is 0 Å². The van der Waals surface area contributed by atoms with Gasteiger partial charge < -0.3 is 10.4 Å². The van der Waals surface area contributed by atoms with Crippen LogP contribution in [0.15, 0.2) is 0 Å². The summed E-state index contributed by atoms with van der Waals surface area (Å²) in [5, 5.41) is 12.5. The average molecular weight is 217 g/mol. The van der Waals surface area contributed by atoms with E-state index in [0.29, 0.717) is 4.75 Å². The third-order valence-corrected chi connectivity index (χ3v) is 4.50. The van der Waals surface area contributed by atoms with Crippen molar-refractivity contribution in [1.82, 2.24) is 5.32 Å². The predicted molar refractivity (Wildman–Crippen MR) is 63.9 cm³/mol. The van der Waals surface area contributed by atoms with Crippen LogP contribution < -0.4 is 5.32 Å². The number of aliphatic hydroxyl groups is 1. The van der Waals surface area contributed by atoms with E-state index < -0.39 is 0 Å². The molecular formula is C11H23NOS. The van der Waals surface area contributed by atoms with E-state index in [2.05, 4.69) is 11.6 Å². The summed E-state index contributed by atoms with van der Waals surface area (Å²) in [5.74, 6) is 0. The van der Waals surface area contributed by atoms with Gasteiger partial charge in [-0.05, 0) is 26.0 Å². The first-order valence-corrected chi connectivity index (χ1v) is 6.85. The van der Waals surface area contributed by atoms with E-state index in [0.717, 1.165) is 13.1 Å². The first-order valence-electron chi connectivity index (χ1n) is 5.62. The zero-order valence-corrected chi connectivity index (χ0v) is 10.2. The second kappa shape index (κ2) is 5.99. The van der Waals surface area contributed by atoms with E-state index >= 15 is 0 Å². The highest BCUT2D eigenvalue weighted by molar-refractivity contribution is 8.00. The van der Waals surface area contributed by atoms with E-state index in [4.69, 9.17) is 5.11 Å². The smallest absolute Gasteiger partial charge is 0.0636 e. The Kier molecular flexibility index (Phi) is 5.28. The summed E-state index contributed by atoms with van der Waals surface area (Å²) in [6.07, 6.45) is 8.81. The fourth-order valence-electron chi connectivity index (χ4n) is 2.16. The Hall–Kier alpha value is 0.270. The Bertz CT molecular complexity index is 155. The summed E-state index contributed by atoms with van der Waals surface area (Å²) < 4.78 is 0.452. The minimum atomic E-state index is -0.225. The van der Waals surface area contributed by atoms with E-state index in [9.17, 15) is 0 Å². The molecule has 1 rings (SSSR count). The molecule has 1 atom stereocenters. The fourth-order valence-corrected chi connectivity index (χ4v) is 3.10. The summed E-state index contributed by atoms with van der Waals surface area (Å²) in [6, 6.07) is 0. The van der Waals surface area contributed by atoms with Crippen LogP contribution in [-0.4, -0.2) is 35.3 Å². The lowest BCUT2D eigenvalue weighted by Gasteiger charge is -2.36. The molecule has 0 aliphatic heterocycles. The van der Waals surface area contributed by atoms with Crippen LogP contribution in [0.1, 0.15) is 39.0 Å². The van der Waals surface area contributed by atoms with E-state index in [1.165, 1.54) is 32.1 Å². The van der Waals surface area contributed by atoms with Crippen LogP contribution in [0.3, 0.4) is 0 Å².